The molecule has 1 aromatic carbocycles. The molecule has 1 amide bonds. The van der Waals surface area contributed by atoms with Crippen LogP contribution in [0.3, 0.4) is 0 Å². The fourth-order valence-corrected chi connectivity index (χ4v) is 5.01. The summed E-state index contributed by atoms with van der Waals surface area (Å²) in [4.78, 5) is 16.5. The number of rotatable bonds is 7. The van der Waals surface area contributed by atoms with Gasteiger partial charge in [0, 0.05) is 25.4 Å². The van der Waals surface area contributed by atoms with Crippen LogP contribution in [-0.4, -0.2) is 36.3 Å². The normalized spacial score (nSPS) is 12.8. The lowest BCUT2D eigenvalue weighted by molar-refractivity contribution is -0.122. The van der Waals surface area contributed by atoms with Gasteiger partial charge in [-0.25, -0.2) is 13.4 Å². The van der Waals surface area contributed by atoms with Crippen LogP contribution in [0.2, 0.25) is 10.0 Å². The Morgan fingerprint density at radius 3 is 2.57 bits per heavy atom. The third kappa shape index (κ3) is 4.64. The second kappa shape index (κ2) is 8.48. The van der Waals surface area contributed by atoms with Crippen molar-refractivity contribution in [3.8, 4) is 0 Å². The molecule has 0 saturated heterocycles. The zero-order chi connectivity index (χ0) is 20.3. The second-order valence-electron chi connectivity index (χ2n) is 6.13. The number of carbonyl (C=O) groups excluding carboxylic acids is 1. The number of sulfonamides is 1. The van der Waals surface area contributed by atoms with Gasteiger partial charge in [-0.05, 0) is 31.2 Å². The number of fused-ring (bicyclic) bond motifs is 1. The van der Waals surface area contributed by atoms with Crippen LogP contribution in [0.4, 0.5) is 0 Å². The summed E-state index contributed by atoms with van der Waals surface area (Å²) in [5, 5.41) is 2.67. The van der Waals surface area contributed by atoms with E-state index in [0.717, 1.165) is 11.3 Å². The maximum absolute atomic E-state index is 12.5. The third-order valence-electron chi connectivity index (χ3n) is 4.01. The third-order valence-corrected chi connectivity index (χ3v) is 6.50. The number of nitrogens with one attached hydrogen (secondary N) is 2. The Kier molecular flexibility index (Phi) is 6.24. The van der Waals surface area contributed by atoms with Crippen molar-refractivity contribution < 1.29 is 13.2 Å². The van der Waals surface area contributed by atoms with Gasteiger partial charge in [0.25, 0.3) is 0 Å². The number of nitrogens with zero attached hydrogens (tertiary/aromatic N) is 2. The average Bonchev–Trinajstić information content (AvgIpc) is 3.03. The van der Waals surface area contributed by atoms with Crippen LogP contribution in [0.25, 0.3) is 5.65 Å². The van der Waals surface area contributed by atoms with E-state index in [4.69, 9.17) is 23.2 Å². The predicted molar refractivity (Wildman–Crippen MR) is 108 cm³/mol. The van der Waals surface area contributed by atoms with E-state index in [1.54, 1.807) is 6.07 Å². The number of aromatic nitrogens is 2. The van der Waals surface area contributed by atoms with Crippen molar-refractivity contribution in [2.24, 2.45) is 0 Å². The first-order valence-corrected chi connectivity index (χ1v) is 10.7. The van der Waals surface area contributed by atoms with Gasteiger partial charge in [-0.2, -0.15) is 4.72 Å². The van der Waals surface area contributed by atoms with Crippen LogP contribution < -0.4 is 10.0 Å². The molecular weight excluding hydrogens is 423 g/mol. The molecule has 0 aliphatic heterocycles. The number of amides is 1. The molecule has 0 aliphatic carbocycles. The van der Waals surface area contributed by atoms with Crippen molar-refractivity contribution in [3.63, 3.8) is 0 Å². The van der Waals surface area contributed by atoms with E-state index in [1.807, 2.05) is 35.0 Å². The highest BCUT2D eigenvalue weighted by Gasteiger charge is 2.26. The topological polar surface area (TPSA) is 92.6 Å². The highest BCUT2D eigenvalue weighted by molar-refractivity contribution is 7.89. The Labute approximate surface area is 172 Å². The van der Waals surface area contributed by atoms with E-state index in [9.17, 15) is 13.2 Å². The molecule has 0 radical (unpaired) electrons. The van der Waals surface area contributed by atoms with Gasteiger partial charge in [0.2, 0.25) is 15.9 Å². The number of pyridine rings is 1. The molecule has 28 heavy (non-hydrogen) atoms. The van der Waals surface area contributed by atoms with E-state index in [0.29, 0.717) is 13.0 Å². The molecule has 2 N–H and O–H groups in total. The van der Waals surface area contributed by atoms with Crippen LogP contribution in [0.5, 0.6) is 0 Å². The molecular formula is C18H18Cl2N4O3S. The SMILES string of the molecule is C[C@H](NS(=O)(=O)c1c(Cl)cccc1Cl)C(=O)NCCc1cn2ccccc2n1. The van der Waals surface area contributed by atoms with Crippen molar-refractivity contribution in [1.29, 1.82) is 0 Å². The minimum absolute atomic E-state index is 0.0144. The summed E-state index contributed by atoms with van der Waals surface area (Å²) in [6.07, 6.45) is 4.29. The van der Waals surface area contributed by atoms with Gasteiger partial charge < -0.3 is 9.72 Å². The molecule has 0 fully saturated rings. The molecule has 148 valence electrons. The zero-order valence-electron chi connectivity index (χ0n) is 14.9. The Balaban J connectivity index is 1.58. The van der Waals surface area contributed by atoms with Crippen molar-refractivity contribution in [2.75, 3.05) is 6.54 Å². The van der Waals surface area contributed by atoms with E-state index < -0.39 is 22.0 Å². The largest absolute Gasteiger partial charge is 0.354 e. The number of hydrogen-bond acceptors (Lipinski definition) is 4. The second-order valence-corrected chi connectivity index (χ2v) is 8.60. The Hall–Kier alpha value is -2.13. The van der Waals surface area contributed by atoms with Gasteiger partial charge in [0.15, 0.2) is 0 Å². The standard InChI is InChI=1S/C18H18Cl2N4O3S/c1-12(23-28(26,27)17-14(19)5-4-6-15(17)20)18(25)21-9-8-13-11-24-10-3-2-7-16(24)22-13/h2-7,10-12,23H,8-9H2,1H3,(H,21,25)/t12-/m0/s1. The molecule has 0 bridgehead atoms. The first kappa shape index (κ1) is 20.6. The summed E-state index contributed by atoms with van der Waals surface area (Å²) >= 11 is 11.9. The van der Waals surface area contributed by atoms with E-state index in [-0.39, 0.29) is 14.9 Å². The molecule has 2 heterocycles. The first-order chi connectivity index (χ1) is 13.3. The summed E-state index contributed by atoms with van der Waals surface area (Å²) < 4.78 is 29.2. The van der Waals surface area contributed by atoms with Gasteiger partial charge in [0.1, 0.15) is 10.5 Å². The minimum atomic E-state index is -4.05. The van der Waals surface area contributed by atoms with E-state index in [2.05, 4.69) is 15.0 Å². The van der Waals surface area contributed by atoms with Gasteiger partial charge in [0.05, 0.1) is 21.8 Å². The van der Waals surface area contributed by atoms with Crippen molar-refractivity contribution in [1.82, 2.24) is 19.4 Å². The first-order valence-electron chi connectivity index (χ1n) is 8.44. The van der Waals surface area contributed by atoms with Crippen LogP contribution in [0.15, 0.2) is 53.7 Å². The number of halogens is 2. The van der Waals surface area contributed by atoms with Crippen LogP contribution in [0.1, 0.15) is 12.6 Å². The molecule has 2 aromatic heterocycles. The van der Waals surface area contributed by atoms with Gasteiger partial charge in [-0.15, -0.1) is 0 Å². The van der Waals surface area contributed by atoms with Crippen LogP contribution in [-0.2, 0) is 21.2 Å². The van der Waals surface area contributed by atoms with Gasteiger partial charge >= 0.3 is 0 Å². The summed E-state index contributed by atoms with van der Waals surface area (Å²) in [5.41, 5.74) is 1.64. The molecule has 0 aliphatic rings. The number of hydrogen-bond donors (Lipinski definition) is 2. The maximum Gasteiger partial charge on any atom is 0.244 e. The molecule has 3 aromatic rings. The van der Waals surface area contributed by atoms with E-state index >= 15 is 0 Å². The number of carbonyl (C=O) groups is 1. The molecule has 7 nitrogen and oxygen atoms in total. The minimum Gasteiger partial charge on any atom is -0.354 e. The lowest BCUT2D eigenvalue weighted by Crippen LogP contribution is -2.45. The predicted octanol–water partition coefficient (Wildman–Crippen LogP) is 2.67. The smallest absolute Gasteiger partial charge is 0.244 e. The Bertz CT molecular complexity index is 1060. The number of imidazole rings is 1. The highest BCUT2D eigenvalue weighted by atomic mass is 35.5. The van der Waals surface area contributed by atoms with Gasteiger partial charge in [-0.3, -0.25) is 4.79 Å². The fraction of sp³-hybridized carbons (Fsp3) is 0.222. The molecule has 0 spiro atoms. The quantitative estimate of drug-likeness (QED) is 0.590. The molecule has 10 heteroatoms. The highest BCUT2D eigenvalue weighted by Crippen LogP contribution is 2.28. The summed E-state index contributed by atoms with van der Waals surface area (Å²) in [6, 6.07) is 9.06. The lowest BCUT2D eigenvalue weighted by atomic mass is 10.3. The van der Waals surface area contributed by atoms with Crippen molar-refractivity contribution >= 4 is 44.8 Å². The summed E-state index contributed by atoms with van der Waals surface area (Å²) in [6.45, 7) is 1.77. The molecule has 3 rings (SSSR count). The monoisotopic (exact) mass is 440 g/mol. The summed E-state index contributed by atoms with van der Waals surface area (Å²) in [7, 11) is -4.05. The number of benzene rings is 1. The van der Waals surface area contributed by atoms with Crippen molar-refractivity contribution in [2.45, 2.75) is 24.3 Å². The van der Waals surface area contributed by atoms with Crippen LogP contribution >= 0.6 is 23.2 Å². The molecule has 0 saturated carbocycles. The maximum atomic E-state index is 12.5. The molecule has 0 unspecified atom stereocenters. The fourth-order valence-electron chi connectivity index (χ4n) is 2.66. The van der Waals surface area contributed by atoms with Crippen molar-refractivity contribution in [3.05, 3.63) is 64.5 Å². The molecule has 1 atom stereocenters. The van der Waals surface area contributed by atoms with E-state index in [1.165, 1.54) is 19.1 Å². The lowest BCUT2D eigenvalue weighted by Gasteiger charge is -2.15. The van der Waals surface area contributed by atoms with Crippen LogP contribution in [0, 0.1) is 0 Å². The summed E-state index contributed by atoms with van der Waals surface area (Å²) in [5.74, 6) is -0.462. The Morgan fingerprint density at radius 1 is 1.18 bits per heavy atom. The Morgan fingerprint density at radius 2 is 1.89 bits per heavy atom. The average molecular weight is 441 g/mol. The zero-order valence-corrected chi connectivity index (χ0v) is 17.2. The van der Waals surface area contributed by atoms with Gasteiger partial charge in [-0.1, -0.05) is 35.3 Å².